The average Bonchev–Trinajstić information content (AvgIpc) is 1.47. The van der Waals surface area contributed by atoms with Gasteiger partial charge in [-0.15, -0.1) is 0 Å². The predicted molar refractivity (Wildman–Crippen MR) is 329 cm³/mol. The molecule has 0 unspecified atom stereocenters. The van der Waals surface area contributed by atoms with Crippen LogP contribution in [-0.4, -0.2) is 166 Å². The number of ether oxygens (including phenoxy) is 3. The first-order valence-corrected chi connectivity index (χ1v) is 34.7. The number of nitrogens with one attached hydrogen (secondary N) is 6. The number of carboxylic acid groups (broad SMARTS) is 3. The smallest absolute Gasteiger partial charge is 0.460 e. The molecule has 5 heterocycles. The van der Waals surface area contributed by atoms with Crippen LogP contribution in [0.3, 0.4) is 0 Å². The van der Waals surface area contributed by atoms with Gasteiger partial charge >= 0.3 is 223 Å². The molecular weight excluding hydrogens is 1310 g/mol. The molecule has 8 rings (SSSR count). The van der Waals surface area contributed by atoms with E-state index in [4.69, 9.17) is 19.2 Å². The Bertz CT molecular complexity index is 3630. The third-order valence-electron chi connectivity index (χ3n) is 16.5. The van der Waals surface area contributed by atoms with Crippen molar-refractivity contribution in [1.29, 1.82) is 0 Å². The molecule has 2 atom stereocenters. The summed E-state index contributed by atoms with van der Waals surface area (Å²) in [6.07, 6.45) is 0.519. The average molecular weight is 1380 g/mol. The number of carboxylic acids is 3. The van der Waals surface area contributed by atoms with Gasteiger partial charge in [0.15, 0.2) is 0 Å². The van der Waals surface area contributed by atoms with Gasteiger partial charge in [0.05, 0.1) is 54.6 Å². The second-order valence-electron chi connectivity index (χ2n) is 22.5. The minimum Gasteiger partial charge on any atom is -0.460 e. The number of pyridine rings is 2. The zero-order chi connectivity index (χ0) is 65.1. The van der Waals surface area contributed by atoms with Crippen LogP contribution in [0.25, 0.3) is 22.3 Å². The van der Waals surface area contributed by atoms with E-state index in [0.29, 0.717) is 93.1 Å². The molecule has 30 heteroatoms. The molecule has 2 aromatic heterocycles. The summed E-state index contributed by atoms with van der Waals surface area (Å²) in [5.74, 6) is -8.50. The van der Waals surface area contributed by atoms with Gasteiger partial charge in [0.2, 0.25) is 23.6 Å². The predicted octanol–water partition coefficient (Wildman–Crippen LogP) is 2.68. The zero-order valence-electron chi connectivity index (χ0n) is 49.5. The third kappa shape index (κ3) is 16.1. The second kappa shape index (κ2) is 29.5. The van der Waals surface area contributed by atoms with E-state index in [2.05, 4.69) is 53.9 Å². The Morgan fingerprint density at radius 3 is 2.12 bits per heavy atom. The van der Waals surface area contributed by atoms with Crippen LogP contribution in [0.15, 0.2) is 58.5 Å². The first kappa shape index (κ1) is 67.5. The fourth-order valence-corrected chi connectivity index (χ4v) is 20.0. The van der Waals surface area contributed by atoms with Crippen molar-refractivity contribution in [2.75, 3.05) is 65.1 Å². The van der Waals surface area contributed by atoms with Crippen LogP contribution in [0.4, 0.5) is 4.39 Å². The maximum absolute atomic E-state index is 15.3. The molecule has 4 aliphatic rings. The number of hydrogen-bond acceptors (Lipinski definition) is 16. The van der Waals surface area contributed by atoms with Crippen molar-refractivity contribution >= 4 is 102 Å². The Morgan fingerprint density at radius 2 is 1.44 bits per heavy atom. The van der Waals surface area contributed by atoms with E-state index in [1.807, 2.05) is 0 Å². The van der Waals surface area contributed by atoms with Crippen molar-refractivity contribution in [3.8, 4) is 11.4 Å². The molecule has 9 N–H and O–H groups in total. The topological polar surface area (TPSA) is 386 Å². The summed E-state index contributed by atoms with van der Waals surface area (Å²) in [5.41, 5.74) is 5.09. The van der Waals surface area contributed by atoms with Gasteiger partial charge in [-0.05, 0) is 53.6 Å². The molecule has 0 saturated heterocycles. The van der Waals surface area contributed by atoms with Crippen molar-refractivity contribution in [3.05, 3.63) is 109 Å². The number of nitrogens with zero attached hydrogens (tertiary/aromatic N) is 3. The molecule has 482 valence electrons. The minimum atomic E-state index is -3.74. The minimum absolute atomic E-state index is 0.00228. The van der Waals surface area contributed by atoms with Gasteiger partial charge in [-0.25, -0.2) is 9.37 Å². The number of cyclic esters (lactones) is 1. The maximum atomic E-state index is 15.3. The Balaban J connectivity index is 0.764. The number of aliphatic carboxylic acids is 3. The third-order valence-corrected chi connectivity index (χ3v) is 28.0. The molecule has 0 bridgehead atoms. The summed E-state index contributed by atoms with van der Waals surface area (Å²) >= 11 is 2.06. The monoisotopic (exact) mass is 1380 g/mol. The second-order valence-corrected chi connectivity index (χ2v) is 35.1. The molecule has 4 aromatic rings. The molecule has 0 radical (unpaired) electrons. The van der Waals surface area contributed by atoms with Crippen LogP contribution in [0.1, 0.15) is 103 Å². The van der Waals surface area contributed by atoms with Crippen LogP contribution in [0.5, 0.6) is 0 Å². The van der Waals surface area contributed by atoms with E-state index in [1.165, 1.54) is 18.1 Å². The van der Waals surface area contributed by atoms with Gasteiger partial charge in [-0.1, -0.05) is 30.3 Å². The van der Waals surface area contributed by atoms with Gasteiger partial charge in [0.25, 0.3) is 5.56 Å². The van der Waals surface area contributed by atoms with E-state index in [-0.39, 0.29) is 100 Å². The number of rotatable bonds is 32. The Hall–Kier alpha value is -8.44. The summed E-state index contributed by atoms with van der Waals surface area (Å²) in [6, 6.07) is 9.95. The fourth-order valence-electron chi connectivity index (χ4n) is 11.9. The first-order valence-electron chi connectivity index (χ1n) is 29.2. The van der Waals surface area contributed by atoms with Gasteiger partial charge in [0.1, 0.15) is 31.8 Å². The number of carbonyl (C=O) groups is 11. The molecule has 3 aliphatic heterocycles. The Labute approximate surface area is 527 Å². The fraction of sp³-hybridized carbons (Fsp3) is 0.450. The van der Waals surface area contributed by atoms with Gasteiger partial charge in [-0.2, -0.15) is 0 Å². The SMILES string of the molecule is COC1=C(P(I)(CCC(=O)O)(CCC(=O)O)CCC(=O)O)CC(=O)N1CCCCCC(=O)NCC(=O)NCC(=O)N[C@@H](Cc1ccccc1)C(=O)NCC(=O)NCOCC(=O)N[C@H]1CCc2c(C)c(F)cc3nc4c(c1c23)Cn1c-4cc2c(c1=O)COC(=O)C2. The standard InChI is InChI=1S/C60H70FIN9O18P/c1-33-36-12-13-40(56-37-29-71-43(57(37)69-41(55(36)56)24-39(33)61)22-35-23-54(84)89-30-38(35)59(71)86)67-49(76)31-88-32-66-47(74)27-65-58(85)42(21-34-9-5-3-6-10-34)68-48(75)28-64-46(73)26-63-45(72)11-7-4-8-17-70-50(77)25-44(60(70)87-2)90(62,18-14-51(78)79,19-15-52(80)81)20-16-53(82)83/h3,5-6,9-10,22,24,40,42H,4,7-8,11-21,23,25-32H2,1-2H3,(H,63,72)(H,64,73)(H,65,85)(H,66,74)(H,67,76)(H,68,75)(H,78,79)(H,80,81)(H,82,83)/t40-,42-/m0/s1. The van der Waals surface area contributed by atoms with Gasteiger partial charge in [0, 0.05) is 23.4 Å². The first-order chi connectivity index (χ1) is 42.9. The van der Waals surface area contributed by atoms with E-state index in [1.54, 1.807) is 47.9 Å². The van der Waals surface area contributed by atoms with Crippen LogP contribution in [-0.2, 0) is 99.4 Å². The van der Waals surface area contributed by atoms with Crippen LogP contribution in [0, 0.1) is 12.7 Å². The number of amides is 7. The van der Waals surface area contributed by atoms with Crippen molar-refractivity contribution in [2.45, 2.75) is 109 Å². The molecule has 27 nitrogen and oxygen atoms in total. The number of methoxy groups -OCH3 is 1. The number of benzene rings is 2. The van der Waals surface area contributed by atoms with E-state index >= 15 is 4.39 Å². The van der Waals surface area contributed by atoms with E-state index in [0.717, 1.165) is 5.56 Å². The molecular formula is C60H70FIN9O18P. The van der Waals surface area contributed by atoms with E-state index < -0.39 is 114 Å². The van der Waals surface area contributed by atoms with E-state index in [9.17, 15) is 72.9 Å². The van der Waals surface area contributed by atoms with Crippen molar-refractivity contribution in [2.24, 2.45) is 0 Å². The zero-order valence-corrected chi connectivity index (χ0v) is 52.5. The number of unbranched alkanes of at least 4 members (excludes halogenated alkanes) is 2. The number of hydrogen-bond donors (Lipinski definition) is 9. The molecule has 7 amide bonds. The van der Waals surface area contributed by atoms with Crippen LogP contribution < -0.4 is 37.5 Å². The van der Waals surface area contributed by atoms with Gasteiger partial charge < -0.3 is 40.6 Å². The summed E-state index contributed by atoms with van der Waals surface area (Å²) in [4.78, 5) is 159. The van der Waals surface area contributed by atoms with Crippen molar-refractivity contribution < 1.29 is 86.7 Å². The normalized spacial score (nSPS) is 15.5. The molecule has 2 aromatic carbocycles. The summed E-state index contributed by atoms with van der Waals surface area (Å²) in [7, 11) is 1.33. The number of carbonyl (C=O) groups excluding carboxylic acids is 8. The van der Waals surface area contributed by atoms with Crippen molar-refractivity contribution in [3.63, 3.8) is 0 Å². The van der Waals surface area contributed by atoms with Gasteiger partial charge in [-0.3, -0.25) is 33.6 Å². The number of fused-ring (bicyclic) bond motifs is 5. The summed E-state index contributed by atoms with van der Waals surface area (Å²) in [5, 5.41) is 45.3. The van der Waals surface area contributed by atoms with Crippen LogP contribution in [0.2, 0.25) is 0 Å². The number of halogens is 2. The number of aryl methyl sites for hydroxylation is 1. The quantitative estimate of drug-likeness (QED) is 0.00982. The summed E-state index contributed by atoms with van der Waals surface area (Å²) < 4.78 is 29.5. The molecule has 0 fully saturated rings. The Kier molecular flexibility index (Phi) is 22.1. The van der Waals surface area contributed by atoms with Crippen LogP contribution >= 0.6 is 26.3 Å². The van der Waals surface area contributed by atoms with Crippen molar-refractivity contribution in [1.82, 2.24) is 46.4 Å². The Morgan fingerprint density at radius 1 is 0.789 bits per heavy atom. The molecule has 0 saturated carbocycles. The molecule has 90 heavy (non-hydrogen) atoms. The number of esters is 1. The molecule has 0 spiro atoms. The number of aromatic nitrogens is 2. The summed E-state index contributed by atoms with van der Waals surface area (Å²) in [6.45, 7) is -0.734. The molecule has 1 aliphatic carbocycles.